The average Bonchev–Trinajstić information content (AvgIpc) is 3.58. The Morgan fingerprint density at radius 1 is 0.657 bits per heavy atom. The van der Waals surface area contributed by atoms with E-state index in [1.807, 2.05) is 30.7 Å². The van der Waals surface area contributed by atoms with E-state index in [0.29, 0.717) is 0 Å². The number of benzene rings is 3. The van der Waals surface area contributed by atoms with Gasteiger partial charge in [0.15, 0.2) is 0 Å². The Kier molecular flexibility index (Phi) is 3.11. The molecule has 0 unspecified atom stereocenters. The summed E-state index contributed by atoms with van der Waals surface area (Å²) in [5.74, 6) is 0. The normalized spacial score (nSPS) is 13.5. The molecule has 4 aromatic heterocycles. The Bertz CT molecular complexity index is 2070. The van der Waals surface area contributed by atoms with Crippen molar-refractivity contribution in [1.29, 1.82) is 0 Å². The molecule has 0 saturated carbocycles. The maximum absolute atomic E-state index is 5.09. The number of pyridine rings is 3. The second-order valence-electron chi connectivity index (χ2n) is 9.70. The summed E-state index contributed by atoms with van der Waals surface area (Å²) in [7, 11) is 0. The van der Waals surface area contributed by atoms with Gasteiger partial charge >= 0.3 is 0 Å². The van der Waals surface area contributed by atoms with Crippen LogP contribution in [-0.4, -0.2) is 19.4 Å². The van der Waals surface area contributed by atoms with Crippen LogP contribution in [0.3, 0.4) is 0 Å². The molecule has 0 atom stereocenters. The van der Waals surface area contributed by atoms with Crippen molar-refractivity contribution in [3.63, 3.8) is 0 Å². The van der Waals surface area contributed by atoms with Gasteiger partial charge in [-0.25, -0.2) is 9.97 Å². The Labute approximate surface area is 200 Å². The molecule has 4 nitrogen and oxygen atoms in total. The quantitative estimate of drug-likeness (QED) is 0.243. The van der Waals surface area contributed by atoms with Crippen LogP contribution >= 0.6 is 0 Å². The standard InChI is InChI=1S/C31H18N4/c1-2-5-20-17(4-1)12-18-13-19-14-26-21(25(19)15-24(18)20)7-8-22-23-6-3-10-33-30(23)35-28-9-11-32-16-27(28)34-31(35)29(22)26/h1-11,13,15-16H,12,14H2. The monoisotopic (exact) mass is 446 g/mol. The number of rotatable bonds is 0. The molecular weight excluding hydrogens is 428 g/mol. The van der Waals surface area contributed by atoms with E-state index in [1.165, 1.54) is 55.3 Å². The van der Waals surface area contributed by atoms with Crippen molar-refractivity contribution in [2.45, 2.75) is 12.8 Å². The van der Waals surface area contributed by atoms with Crippen LogP contribution in [0.4, 0.5) is 0 Å². The predicted octanol–water partition coefficient (Wildman–Crippen LogP) is 6.73. The van der Waals surface area contributed by atoms with Crippen molar-refractivity contribution in [1.82, 2.24) is 19.4 Å². The van der Waals surface area contributed by atoms with Crippen LogP contribution in [-0.2, 0) is 12.8 Å². The Morgan fingerprint density at radius 2 is 1.57 bits per heavy atom. The van der Waals surface area contributed by atoms with E-state index >= 15 is 0 Å². The molecule has 3 aromatic carbocycles. The number of aromatic nitrogens is 4. The molecule has 0 aliphatic heterocycles. The smallest absolute Gasteiger partial charge is 0.147 e. The maximum Gasteiger partial charge on any atom is 0.147 e. The molecule has 35 heavy (non-hydrogen) atoms. The molecular formula is C31H18N4. The van der Waals surface area contributed by atoms with E-state index in [2.05, 4.69) is 64.0 Å². The largest absolute Gasteiger partial charge is 0.276 e. The van der Waals surface area contributed by atoms with Crippen LogP contribution in [0.2, 0.25) is 0 Å². The molecule has 0 bridgehead atoms. The van der Waals surface area contributed by atoms with Gasteiger partial charge in [-0.05, 0) is 87.0 Å². The van der Waals surface area contributed by atoms with Gasteiger partial charge in [0.1, 0.15) is 16.8 Å². The second kappa shape index (κ2) is 6.10. The minimum absolute atomic E-state index is 0.899. The van der Waals surface area contributed by atoms with Gasteiger partial charge in [0.05, 0.1) is 11.7 Å². The third kappa shape index (κ3) is 2.15. The summed E-state index contributed by atoms with van der Waals surface area (Å²) in [6, 6.07) is 24.5. The average molecular weight is 447 g/mol. The van der Waals surface area contributed by atoms with Crippen LogP contribution < -0.4 is 0 Å². The topological polar surface area (TPSA) is 43.1 Å². The number of imidazole rings is 1. The van der Waals surface area contributed by atoms with Gasteiger partial charge in [-0.3, -0.25) is 9.38 Å². The van der Waals surface area contributed by atoms with Crippen LogP contribution in [0.25, 0.3) is 60.7 Å². The first-order valence-electron chi connectivity index (χ1n) is 12.0. The van der Waals surface area contributed by atoms with Gasteiger partial charge in [-0.2, -0.15) is 0 Å². The highest BCUT2D eigenvalue weighted by Crippen LogP contribution is 2.47. The summed E-state index contributed by atoms with van der Waals surface area (Å²) in [4.78, 5) is 14.2. The summed E-state index contributed by atoms with van der Waals surface area (Å²) in [6.07, 6.45) is 7.50. The minimum atomic E-state index is 0.899. The van der Waals surface area contributed by atoms with Crippen molar-refractivity contribution in [2.24, 2.45) is 0 Å². The van der Waals surface area contributed by atoms with E-state index in [0.717, 1.165) is 40.6 Å². The van der Waals surface area contributed by atoms with Crippen molar-refractivity contribution in [3.8, 4) is 22.3 Å². The van der Waals surface area contributed by atoms with Gasteiger partial charge < -0.3 is 0 Å². The minimum Gasteiger partial charge on any atom is -0.276 e. The molecule has 2 aliphatic carbocycles. The highest BCUT2D eigenvalue weighted by Gasteiger charge is 2.28. The number of fused-ring (bicyclic) bond motifs is 15. The zero-order chi connectivity index (χ0) is 22.7. The van der Waals surface area contributed by atoms with E-state index in [4.69, 9.17) is 9.97 Å². The number of hydrogen-bond acceptors (Lipinski definition) is 3. The highest BCUT2D eigenvalue weighted by atomic mass is 15.1. The van der Waals surface area contributed by atoms with Gasteiger partial charge in [-0.15, -0.1) is 0 Å². The first-order chi connectivity index (χ1) is 17.3. The van der Waals surface area contributed by atoms with Crippen LogP contribution in [0.15, 0.2) is 85.3 Å². The lowest BCUT2D eigenvalue weighted by Crippen LogP contribution is -1.96. The number of hydrogen-bond donors (Lipinski definition) is 0. The zero-order valence-electron chi connectivity index (χ0n) is 18.8. The molecule has 0 radical (unpaired) electrons. The maximum atomic E-state index is 5.09. The van der Waals surface area contributed by atoms with Crippen LogP contribution in [0, 0.1) is 0 Å². The zero-order valence-corrected chi connectivity index (χ0v) is 18.8. The fraction of sp³-hybridized carbons (Fsp3) is 0.0645. The predicted molar refractivity (Wildman–Crippen MR) is 140 cm³/mol. The van der Waals surface area contributed by atoms with E-state index in [1.54, 1.807) is 0 Å². The molecule has 0 amide bonds. The van der Waals surface area contributed by atoms with Crippen molar-refractivity contribution in [3.05, 3.63) is 108 Å². The molecule has 0 saturated heterocycles. The van der Waals surface area contributed by atoms with Gasteiger partial charge in [0, 0.05) is 23.2 Å². The molecule has 2 aliphatic rings. The van der Waals surface area contributed by atoms with Crippen LogP contribution in [0.5, 0.6) is 0 Å². The number of nitrogens with zero attached hydrogens (tertiary/aromatic N) is 4. The van der Waals surface area contributed by atoms with Gasteiger partial charge in [0.25, 0.3) is 0 Å². The van der Waals surface area contributed by atoms with Crippen molar-refractivity contribution in [2.75, 3.05) is 0 Å². The first-order valence-corrected chi connectivity index (χ1v) is 12.0. The molecule has 9 rings (SSSR count). The Hall–Kier alpha value is -4.57. The van der Waals surface area contributed by atoms with E-state index < -0.39 is 0 Å². The molecule has 0 N–H and O–H groups in total. The van der Waals surface area contributed by atoms with Gasteiger partial charge in [-0.1, -0.05) is 42.5 Å². The molecule has 162 valence electrons. The van der Waals surface area contributed by atoms with Crippen LogP contribution in [0.1, 0.15) is 22.3 Å². The molecule has 0 fully saturated rings. The molecule has 7 aromatic rings. The second-order valence-corrected chi connectivity index (χ2v) is 9.70. The van der Waals surface area contributed by atoms with E-state index in [9.17, 15) is 0 Å². The molecule has 0 spiro atoms. The third-order valence-corrected chi connectivity index (χ3v) is 7.96. The SMILES string of the molecule is c1ccc2c(c1)Cc1cc3c(cc1-2)-c1ccc2c4cccnc4n4c5ccncc5nc4c2c1C3. The molecule has 4 heteroatoms. The highest BCUT2D eigenvalue weighted by molar-refractivity contribution is 6.16. The van der Waals surface area contributed by atoms with Crippen molar-refractivity contribution >= 4 is 38.5 Å². The Balaban J connectivity index is 1.41. The van der Waals surface area contributed by atoms with Crippen molar-refractivity contribution < 1.29 is 0 Å². The lowest BCUT2D eigenvalue weighted by atomic mass is 9.96. The van der Waals surface area contributed by atoms with E-state index in [-0.39, 0.29) is 0 Å². The summed E-state index contributed by atoms with van der Waals surface area (Å²) in [5, 5.41) is 3.60. The summed E-state index contributed by atoms with van der Waals surface area (Å²) in [6.45, 7) is 0. The fourth-order valence-corrected chi connectivity index (χ4v) is 6.49. The lowest BCUT2D eigenvalue weighted by molar-refractivity contribution is 1.21. The molecule has 4 heterocycles. The fourth-order valence-electron chi connectivity index (χ4n) is 6.49. The lowest BCUT2D eigenvalue weighted by Gasteiger charge is -2.12. The first kappa shape index (κ1) is 17.8. The summed E-state index contributed by atoms with van der Waals surface area (Å²) in [5.41, 5.74) is 15.0. The van der Waals surface area contributed by atoms with Gasteiger partial charge in [0.2, 0.25) is 0 Å². The third-order valence-electron chi connectivity index (χ3n) is 7.96. The summed E-state index contributed by atoms with van der Waals surface area (Å²) >= 11 is 0. The Morgan fingerprint density at radius 3 is 2.57 bits per heavy atom. The summed E-state index contributed by atoms with van der Waals surface area (Å²) < 4.78 is 2.22.